The minimum Gasteiger partial charge on any atom is -0.357 e. The van der Waals surface area contributed by atoms with Crippen LogP contribution in [0.5, 0.6) is 0 Å². The van der Waals surface area contributed by atoms with Crippen LogP contribution in [0.25, 0.3) is 0 Å². The fourth-order valence-electron chi connectivity index (χ4n) is 3.13. The van der Waals surface area contributed by atoms with E-state index in [1.807, 2.05) is 6.92 Å². The summed E-state index contributed by atoms with van der Waals surface area (Å²) in [6, 6.07) is 1.13. The van der Waals surface area contributed by atoms with Crippen molar-refractivity contribution in [3.63, 3.8) is 0 Å². The summed E-state index contributed by atoms with van der Waals surface area (Å²) in [4.78, 5) is 18.7. The van der Waals surface area contributed by atoms with E-state index in [0.717, 1.165) is 44.5 Å². The number of guanidine groups is 1. The third-order valence-corrected chi connectivity index (χ3v) is 4.58. The number of nitrogens with one attached hydrogen (secondary N) is 3. The lowest BCUT2D eigenvalue weighted by molar-refractivity contribution is -0.119. The number of hydrogen-bond acceptors (Lipinski definition) is 3. The predicted molar refractivity (Wildman–Crippen MR) is 94.6 cm³/mol. The molecule has 0 bridgehead atoms. The van der Waals surface area contributed by atoms with Gasteiger partial charge < -0.3 is 16.0 Å². The van der Waals surface area contributed by atoms with Crippen LogP contribution < -0.4 is 16.0 Å². The van der Waals surface area contributed by atoms with E-state index in [4.69, 9.17) is 0 Å². The number of likely N-dealkylation sites (tertiary alicyclic amines) is 1. The Kier molecular flexibility index (Phi) is 7.65. The fourth-order valence-corrected chi connectivity index (χ4v) is 3.13. The van der Waals surface area contributed by atoms with Crippen LogP contribution in [0.15, 0.2) is 4.99 Å². The van der Waals surface area contributed by atoms with E-state index in [-0.39, 0.29) is 12.5 Å². The molecule has 1 aliphatic heterocycles. The smallest absolute Gasteiger partial charge is 0.242 e. The first-order valence-electron chi connectivity index (χ1n) is 9.28. The molecule has 2 aliphatic rings. The maximum Gasteiger partial charge on any atom is 0.242 e. The van der Waals surface area contributed by atoms with Gasteiger partial charge in [0.15, 0.2) is 5.96 Å². The van der Waals surface area contributed by atoms with E-state index < -0.39 is 0 Å². The number of carbonyl (C=O) groups is 1. The molecule has 1 saturated carbocycles. The van der Waals surface area contributed by atoms with Crippen molar-refractivity contribution in [2.75, 3.05) is 32.7 Å². The molecule has 1 unspecified atom stereocenters. The molecule has 1 heterocycles. The lowest BCUT2D eigenvalue weighted by Gasteiger charge is -2.35. The summed E-state index contributed by atoms with van der Waals surface area (Å²) in [5, 5.41) is 9.53. The molecular weight excluding hydrogens is 290 g/mol. The number of nitrogens with zero attached hydrogens (tertiary/aromatic N) is 2. The maximum atomic E-state index is 11.7. The van der Waals surface area contributed by atoms with Gasteiger partial charge in [0.25, 0.3) is 0 Å². The molecule has 6 nitrogen and oxygen atoms in total. The zero-order valence-electron chi connectivity index (χ0n) is 14.7. The highest BCUT2D eigenvalue weighted by Crippen LogP contribution is 2.19. The van der Waals surface area contributed by atoms with Crippen molar-refractivity contribution in [1.82, 2.24) is 20.9 Å². The average Bonchev–Trinajstić information content (AvgIpc) is 3.37. The average molecular weight is 323 g/mol. The number of carbonyl (C=O) groups excluding carboxylic acids is 1. The standard InChI is InChI=1S/C17H33N5O/c1-3-15-7-5-6-11-22(15)12-10-19-17(18-4-2)20-13-16(23)21-14-8-9-14/h14-15H,3-13H2,1-2H3,(H,21,23)(H2,18,19,20). The molecule has 0 aromatic heterocycles. The van der Waals surface area contributed by atoms with E-state index >= 15 is 0 Å². The van der Waals surface area contributed by atoms with Gasteiger partial charge in [-0.15, -0.1) is 0 Å². The molecule has 6 heteroatoms. The van der Waals surface area contributed by atoms with Gasteiger partial charge >= 0.3 is 0 Å². The molecule has 2 fully saturated rings. The third kappa shape index (κ3) is 6.77. The van der Waals surface area contributed by atoms with Crippen molar-refractivity contribution in [2.45, 2.75) is 64.5 Å². The van der Waals surface area contributed by atoms with Gasteiger partial charge in [0.2, 0.25) is 5.91 Å². The molecule has 0 aromatic rings. The van der Waals surface area contributed by atoms with Crippen molar-refractivity contribution in [3.8, 4) is 0 Å². The minimum atomic E-state index is 0.0202. The molecule has 0 spiro atoms. The van der Waals surface area contributed by atoms with E-state index in [9.17, 15) is 4.79 Å². The van der Waals surface area contributed by atoms with Gasteiger partial charge in [-0.2, -0.15) is 0 Å². The highest BCUT2D eigenvalue weighted by Gasteiger charge is 2.23. The second kappa shape index (κ2) is 9.75. The number of aliphatic imine (C=N–C) groups is 1. The third-order valence-electron chi connectivity index (χ3n) is 4.58. The van der Waals surface area contributed by atoms with Crippen molar-refractivity contribution in [2.24, 2.45) is 4.99 Å². The van der Waals surface area contributed by atoms with Crippen molar-refractivity contribution >= 4 is 11.9 Å². The molecule has 132 valence electrons. The minimum absolute atomic E-state index is 0.0202. The summed E-state index contributed by atoms with van der Waals surface area (Å²) in [6.45, 7) is 8.44. The molecule has 0 aromatic carbocycles. The van der Waals surface area contributed by atoms with Crippen LogP contribution >= 0.6 is 0 Å². The molecule has 1 atom stereocenters. The highest BCUT2D eigenvalue weighted by atomic mass is 16.2. The van der Waals surface area contributed by atoms with Crippen LogP contribution in [0.1, 0.15) is 52.4 Å². The fraction of sp³-hybridized carbons (Fsp3) is 0.882. The van der Waals surface area contributed by atoms with Crippen LogP contribution in [0.3, 0.4) is 0 Å². The van der Waals surface area contributed by atoms with Crippen molar-refractivity contribution in [1.29, 1.82) is 0 Å². The van der Waals surface area contributed by atoms with Crippen LogP contribution in [0.4, 0.5) is 0 Å². The molecule has 2 rings (SSSR count). The molecule has 23 heavy (non-hydrogen) atoms. The normalized spacial score (nSPS) is 22.7. The summed E-state index contributed by atoms with van der Waals surface area (Å²) in [5.41, 5.74) is 0. The van der Waals surface area contributed by atoms with Gasteiger partial charge in [-0.05, 0) is 45.6 Å². The van der Waals surface area contributed by atoms with Gasteiger partial charge in [-0.1, -0.05) is 13.3 Å². The topological polar surface area (TPSA) is 68.8 Å². The Hall–Kier alpha value is -1.30. The summed E-state index contributed by atoms with van der Waals surface area (Å²) in [6.07, 6.45) is 7.46. The predicted octanol–water partition coefficient (Wildman–Crippen LogP) is 1.08. The molecule has 1 aliphatic carbocycles. The van der Waals surface area contributed by atoms with Crippen molar-refractivity contribution < 1.29 is 4.79 Å². The summed E-state index contributed by atoms with van der Waals surface area (Å²) in [7, 11) is 0. The van der Waals surface area contributed by atoms with Crippen LogP contribution in [-0.2, 0) is 4.79 Å². The largest absolute Gasteiger partial charge is 0.357 e. The Balaban J connectivity index is 1.71. The summed E-state index contributed by atoms with van der Waals surface area (Å²) < 4.78 is 0. The Morgan fingerprint density at radius 3 is 2.70 bits per heavy atom. The van der Waals surface area contributed by atoms with Crippen LogP contribution in [0.2, 0.25) is 0 Å². The number of amides is 1. The Labute approximate surface area is 140 Å². The Morgan fingerprint density at radius 2 is 2.00 bits per heavy atom. The van der Waals surface area contributed by atoms with E-state index in [1.165, 1.54) is 32.2 Å². The zero-order chi connectivity index (χ0) is 16.5. The lowest BCUT2D eigenvalue weighted by atomic mass is 10.0. The Bertz CT molecular complexity index is 394. The first-order chi connectivity index (χ1) is 11.2. The zero-order valence-corrected chi connectivity index (χ0v) is 14.7. The molecule has 3 N–H and O–H groups in total. The molecular formula is C17H33N5O. The second-order valence-electron chi connectivity index (χ2n) is 6.56. The van der Waals surface area contributed by atoms with Gasteiger partial charge in [0, 0.05) is 31.7 Å². The second-order valence-corrected chi connectivity index (χ2v) is 6.56. The van der Waals surface area contributed by atoms with Gasteiger partial charge in [0.1, 0.15) is 6.54 Å². The number of piperidine rings is 1. The van der Waals surface area contributed by atoms with Gasteiger partial charge in [-0.25, -0.2) is 4.99 Å². The SMILES string of the molecule is CCNC(=NCC(=O)NC1CC1)NCCN1CCCCC1CC. The monoisotopic (exact) mass is 323 g/mol. The summed E-state index contributed by atoms with van der Waals surface area (Å²) in [5.74, 6) is 0.760. The highest BCUT2D eigenvalue weighted by molar-refractivity contribution is 5.85. The quantitative estimate of drug-likeness (QED) is 0.462. The molecule has 1 amide bonds. The van der Waals surface area contributed by atoms with Crippen LogP contribution in [0, 0.1) is 0 Å². The maximum absolute atomic E-state index is 11.7. The van der Waals surface area contributed by atoms with E-state index in [1.54, 1.807) is 0 Å². The summed E-state index contributed by atoms with van der Waals surface area (Å²) >= 11 is 0. The molecule has 1 saturated heterocycles. The molecule has 0 radical (unpaired) electrons. The number of hydrogen-bond donors (Lipinski definition) is 3. The van der Waals surface area contributed by atoms with Crippen LogP contribution in [-0.4, -0.2) is 61.6 Å². The Morgan fingerprint density at radius 1 is 1.17 bits per heavy atom. The van der Waals surface area contributed by atoms with E-state index in [2.05, 4.69) is 32.8 Å². The lowest BCUT2D eigenvalue weighted by Crippen LogP contribution is -2.46. The van der Waals surface area contributed by atoms with Crippen molar-refractivity contribution in [3.05, 3.63) is 0 Å². The first kappa shape index (κ1) is 18.0. The van der Waals surface area contributed by atoms with E-state index in [0.29, 0.717) is 6.04 Å². The van der Waals surface area contributed by atoms with Gasteiger partial charge in [-0.3, -0.25) is 9.69 Å². The number of rotatable bonds is 8. The van der Waals surface area contributed by atoms with Gasteiger partial charge in [0.05, 0.1) is 0 Å². The first-order valence-corrected chi connectivity index (χ1v) is 9.28.